The molecule has 4 unspecified atom stereocenters. The van der Waals surface area contributed by atoms with Crippen molar-refractivity contribution in [3.05, 3.63) is 11.6 Å². The predicted octanol–water partition coefficient (Wildman–Crippen LogP) is 5.13. The molecule has 0 aromatic heterocycles. The average Bonchev–Trinajstić information content (AvgIpc) is 2.62. The Balaban J connectivity index is 1.84. The van der Waals surface area contributed by atoms with Crippen molar-refractivity contribution in [3.8, 4) is 0 Å². The van der Waals surface area contributed by atoms with E-state index in [0.717, 1.165) is 24.7 Å². The Labute approximate surface area is 135 Å². The van der Waals surface area contributed by atoms with Crippen molar-refractivity contribution >= 4 is 5.97 Å². The molecule has 2 heteroatoms. The van der Waals surface area contributed by atoms with Crippen molar-refractivity contribution in [2.75, 3.05) is 0 Å². The Hall–Kier alpha value is -0.790. The zero-order valence-electron chi connectivity index (χ0n) is 15.2. The van der Waals surface area contributed by atoms with Crippen LogP contribution in [0.4, 0.5) is 0 Å². The van der Waals surface area contributed by atoms with Gasteiger partial charge in [-0.05, 0) is 77.6 Å². The minimum Gasteiger partial charge on any atom is -0.459 e. The SMILES string of the molecule is CCC(C)(C)C(=O)OC(C)(C)C12CC(C)C=C3CC(C1)C3C2. The van der Waals surface area contributed by atoms with Crippen LogP contribution in [-0.4, -0.2) is 11.6 Å². The average molecular weight is 304 g/mol. The Morgan fingerprint density at radius 3 is 2.59 bits per heavy atom. The van der Waals surface area contributed by atoms with Gasteiger partial charge < -0.3 is 4.74 Å². The molecule has 0 aromatic carbocycles. The van der Waals surface area contributed by atoms with Crippen LogP contribution in [0, 0.1) is 28.6 Å². The van der Waals surface area contributed by atoms with Gasteiger partial charge in [-0.25, -0.2) is 0 Å². The third-order valence-corrected chi connectivity index (χ3v) is 7.08. The van der Waals surface area contributed by atoms with Crippen LogP contribution in [0.2, 0.25) is 0 Å². The van der Waals surface area contributed by atoms with E-state index in [1.165, 1.54) is 19.3 Å². The van der Waals surface area contributed by atoms with E-state index in [9.17, 15) is 4.79 Å². The highest BCUT2D eigenvalue weighted by atomic mass is 16.6. The van der Waals surface area contributed by atoms with Gasteiger partial charge in [-0.2, -0.15) is 0 Å². The number of hydrogen-bond acceptors (Lipinski definition) is 2. The Morgan fingerprint density at radius 2 is 1.95 bits per heavy atom. The number of carbonyl (C=O) groups is 1. The number of ether oxygens (including phenoxy) is 1. The van der Waals surface area contributed by atoms with E-state index < -0.39 is 0 Å². The van der Waals surface area contributed by atoms with Gasteiger partial charge in [0.1, 0.15) is 5.60 Å². The van der Waals surface area contributed by atoms with E-state index in [-0.39, 0.29) is 22.4 Å². The highest BCUT2D eigenvalue weighted by Crippen LogP contribution is 2.66. The minimum atomic E-state index is -0.384. The molecule has 0 spiro atoms. The standard InChI is InChI=1S/C20H32O2/c1-7-18(3,4)17(21)22-19(5,6)20-10-13(2)8-14-9-15(11-20)16(14)12-20/h8,13,15-16H,7,9-12H2,1-6H3. The fourth-order valence-corrected chi connectivity index (χ4v) is 5.02. The van der Waals surface area contributed by atoms with Crippen molar-refractivity contribution < 1.29 is 9.53 Å². The number of hydrogen-bond donors (Lipinski definition) is 0. The van der Waals surface area contributed by atoms with Crippen LogP contribution >= 0.6 is 0 Å². The molecule has 3 aliphatic carbocycles. The molecule has 0 saturated heterocycles. The number of esters is 1. The van der Waals surface area contributed by atoms with Gasteiger partial charge in [-0.1, -0.05) is 25.5 Å². The summed E-state index contributed by atoms with van der Waals surface area (Å²) in [7, 11) is 0. The summed E-state index contributed by atoms with van der Waals surface area (Å²) in [5.41, 5.74) is 1.10. The summed E-state index contributed by atoms with van der Waals surface area (Å²) in [5.74, 6) is 2.20. The molecule has 22 heavy (non-hydrogen) atoms. The van der Waals surface area contributed by atoms with Gasteiger partial charge in [0.2, 0.25) is 0 Å². The lowest BCUT2D eigenvalue weighted by Crippen LogP contribution is -2.48. The first-order valence-electron chi connectivity index (χ1n) is 9.04. The van der Waals surface area contributed by atoms with Crippen LogP contribution in [0.25, 0.3) is 0 Å². The molecule has 2 nitrogen and oxygen atoms in total. The Kier molecular flexibility index (Phi) is 3.55. The van der Waals surface area contributed by atoms with Gasteiger partial charge in [0.05, 0.1) is 5.41 Å². The Bertz CT molecular complexity index is 514. The van der Waals surface area contributed by atoms with Gasteiger partial charge in [0, 0.05) is 5.41 Å². The second-order valence-corrected chi connectivity index (χ2v) is 9.32. The summed E-state index contributed by atoms with van der Waals surface area (Å²) in [5, 5.41) is 0. The zero-order chi connectivity index (χ0) is 16.3. The van der Waals surface area contributed by atoms with Gasteiger partial charge >= 0.3 is 5.97 Å². The maximum absolute atomic E-state index is 12.7. The molecule has 0 heterocycles. The van der Waals surface area contributed by atoms with Gasteiger partial charge in [-0.3, -0.25) is 4.79 Å². The lowest BCUT2D eigenvalue weighted by atomic mass is 9.65. The van der Waals surface area contributed by atoms with Crippen molar-refractivity contribution in [1.82, 2.24) is 0 Å². The molecule has 3 aliphatic rings. The third kappa shape index (κ3) is 2.25. The molecule has 0 radical (unpaired) electrons. The van der Waals surface area contributed by atoms with Crippen molar-refractivity contribution in [1.29, 1.82) is 0 Å². The molecular weight excluding hydrogens is 272 g/mol. The predicted molar refractivity (Wildman–Crippen MR) is 89.4 cm³/mol. The topological polar surface area (TPSA) is 26.3 Å². The maximum atomic E-state index is 12.7. The molecular formula is C20H32O2. The lowest BCUT2D eigenvalue weighted by Gasteiger charge is -2.46. The van der Waals surface area contributed by atoms with Crippen molar-refractivity contribution in [2.45, 2.75) is 79.2 Å². The monoisotopic (exact) mass is 304 g/mol. The van der Waals surface area contributed by atoms with Crippen molar-refractivity contribution in [2.24, 2.45) is 28.6 Å². The first-order chi connectivity index (χ1) is 10.1. The fourth-order valence-electron chi connectivity index (χ4n) is 5.02. The number of carbonyl (C=O) groups excluding carboxylic acids is 1. The summed E-state index contributed by atoms with van der Waals surface area (Å²) < 4.78 is 6.16. The van der Waals surface area contributed by atoms with Crippen LogP contribution < -0.4 is 0 Å². The number of rotatable bonds is 4. The van der Waals surface area contributed by atoms with Crippen LogP contribution in [0.5, 0.6) is 0 Å². The third-order valence-electron chi connectivity index (χ3n) is 7.08. The molecule has 2 fully saturated rings. The smallest absolute Gasteiger partial charge is 0.312 e. The molecule has 2 bridgehead atoms. The minimum absolute atomic E-state index is 0.0290. The molecule has 0 aliphatic heterocycles. The Morgan fingerprint density at radius 1 is 1.27 bits per heavy atom. The molecule has 3 rings (SSSR count). The summed E-state index contributed by atoms with van der Waals surface area (Å²) in [6.45, 7) is 12.7. The van der Waals surface area contributed by atoms with Crippen LogP contribution in [-0.2, 0) is 9.53 Å². The first-order valence-corrected chi connectivity index (χ1v) is 9.04. The van der Waals surface area contributed by atoms with E-state index in [1.54, 1.807) is 5.57 Å². The van der Waals surface area contributed by atoms with E-state index in [0.29, 0.717) is 5.92 Å². The molecule has 0 aromatic rings. The normalized spacial score (nSPS) is 37.2. The van der Waals surface area contributed by atoms with E-state index in [2.05, 4.69) is 33.8 Å². The van der Waals surface area contributed by atoms with E-state index in [4.69, 9.17) is 4.74 Å². The molecule has 2 saturated carbocycles. The van der Waals surface area contributed by atoms with Crippen LogP contribution in [0.1, 0.15) is 73.6 Å². The van der Waals surface area contributed by atoms with E-state index in [1.807, 2.05) is 13.8 Å². The second kappa shape index (κ2) is 4.85. The van der Waals surface area contributed by atoms with Crippen LogP contribution in [0.15, 0.2) is 11.6 Å². The highest BCUT2D eigenvalue weighted by Gasteiger charge is 2.60. The molecule has 0 amide bonds. The summed E-state index contributed by atoms with van der Waals surface area (Å²) >= 11 is 0. The van der Waals surface area contributed by atoms with Gasteiger partial charge in [0.15, 0.2) is 0 Å². The summed E-state index contributed by atoms with van der Waals surface area (Å²) in [6, 6.07) is 0. The van der Waals surface area contributed by atoms with Gasteiger partial charge in [-0.15, -0.1) is 0 Å². The first kappa shape index (κ1) is 16.1. The largest absolute Gasteiger partial charge is 0.459 e. The molecule has 0 N–H and O–H groups in total. The maximum Gasteiger partial charge on any atom is 0.312 e. The quantitative estimate of drug-likeness (QED) is 0.532. The van der Waals surface area contributed by atoms with Crippen molar-refractivity contribution in [3.63, 3.8) is 0 Å². The summed E-state index contributed by atoms with van der Waals surface area (Å²) in [4.78, 5) is 12.7. The molecule has 124 valence electrons. The van der Waals surface area contributed by atoms with Gasteiger partial charge in [0.25, 0.3) is 0 Å². The van der Waals surface area contributed by atoms with Crippen LogP contribution in [0.3, 0.4) is 0 Å². The fraction of sp³-hybridized carbons (Fsp3) is 0.850. The zero-order valence-corrected chi connectivity index (χ0v) is 15.2. The second-order valence-electron chi connectivity index (χ2n) is 9.32. The lowest BCUT2D eigenvalue weighted by molar-refractivity contribution is -0.183. The number of allylic oxidation sites excluding steroid dienone is 2. The molecule has 4 atom stereocenters. The van der Waals surface area contributed by atoms with E-state index >= 15 is 0 Å². The number of fused-ring (bicyclic) bond motifs is 1. The summed E-state index contributed by atoms with van der Waals surface area (Å²) in [6.07, 6.45) is 8.25. The highest BCUT2D eigenvalue weighted by molar-refractivity contribution is 5.76.